The fourth-order valence-electron chi connectivity index (χ4n) is 6.07. The maximum atomic E-state index is 13.2. The van der Waals surface area contributed by atoms with Gasteiger partial charge in [-0.25, -0.2) is 9.97 Å². The molecule has 5 rings (SSSR count). The largest absolute Gasteiger partial charge is 0.394 e. The SMILES string of the molecule is O=C(CN1CCN(c2ncccn2)CC1)N1C[C@H]2C[C@@H](C1)[C@H](CO)N1C(=O)CCC[C@@H]21. The van der Waals surface area contributed by atoms with Crippen molar-refractivity contribution in [2.75, 3.05) is 57.3 Å². The zero-order valence-corrected chi connectivity index (χ0v) is 18.0. The molecule has 9 nitrogen and oxygen atoms in total. The van der Waals surface area contributed by atoms with E-state index in [1.165, 1.54) is 0 Å². The number of nitrogens with zero attached hydrogens (tertiary/aromatic N) is 6. The average molecular weight is 429 g/mol. The van der Waals surface area contributed by atoms with Gasteiger partial charge in [0.25, 0.3) is 0 Å². The van der Waals surface area contributed by atoms with Crippen molar-refractivity contribution in [3.05, 3.63) is 18.5 Å². The van der Waals surface area contributed by atoms with Gasteiger partial charge in [0.1, 0.15) is 0 Å². The normalized spacial score (nSPS) is 31.5. The molecule has 0 saturated carbocycles. The summed E-state index contributed by atoms with van der Waals surface area (Å²) < 4.78 is 0. The van der Waals surface area contributed by atoms with E-state index in [-0.39, 0.29) is 36.4 Å². The number of aromatic nitrogens is 2. The average Bonchev–Trinajstić information content (AvgIpc) is 2.81. The predicted octanol–water partition coefficient (Wildman–Crippen LogP) is -0.181. The van der Waals surface area contributed by atoms with Crippen molar-refractivity contribution < 1.29 is 14.7 Å². The molecular formula is C22H32N6O3. The van der Waals surface area contributed by atoms with E-state index in [1.807, 2.05) is 15.9 Å². The van der Waals surface area contributed by atoms with E-state index in [1.54, 1.807) is 12.4 Å². The number of hydrogen-bond acceptors (Lipinski definition) is 7. The van der Waals surface area contributed by atoms with E-state index in [0.29, 0.717) is 25.4 Å². The maximum Gasteiger partial charge on any atom is 0.236 e. The van der Waals surface area contributed by atoms with E-state index in [4.69, 9.17) is 0 Å². The third-order valence-electron chi connectivity index (χ3n) is 7.60. The van der Waals surface area contributed by atoms with Crippen LogP contribution in [0.5, 0.6) is 0 Å². The number of likely N-dealkylation sites (tertiary alicyclic amines) is 1. The Morgan fingerprint density at radius 2 is 1.84 bits per heavy atom. The Kier molecular flexibility index (Phi) is 5.79. The molecule has 1 aromatic heterocycles. The van der Waals surface area contributed by atoms with Gasteiger partial charge in [-0.15, -0.1) is 0 Å². The van der Waals surface area contributed by atoms with Crippen molar-refractivity contribution in [1.82, 2.24) is 24.7 Å². The summed E-state index contributed by atoms with van der Waals surface area (Å²) >= 11 is 0. The molecule has 4 fully saturated rings. The van der Waals surface area contributed by atoms with Crippen molar-refractivity contribution in [3.8, 4) is 0 Å². The number of piperidine rings is 3. The molecule has 4 aliphatic rings. The Morgan fingerprint density at radius 3 is 2.58 bits per heavy atom. The summed E-state index contributed by atoms with van der Waals surface area (Å²) in [6.45, 7) is 5.06. The van der Waals surface area contributed by atoms with Gasteiger partial charge in [-0.3, -0.25) is 14.5 Å². The first-order chi connectivity index (χ1) is 15.1. The zero-order chi connectivity index (χ0) is 21.4. The van der Waals surface area contributed by atoms with Gasteiger partial charge in [0.15, 0.2) is 0 Å². The van der Waals surface area contributed by atoms with Gasteiger partial charge in [-0.05, 0) is 37.2 Å². The van der Waals surface area contributed by atoms with Crippen LogP contribution in [0.2, 0.25) is 0 Å². The molecule has 168 valence electrons. The third-order valence-corrected chi connectivity index (χ3v) is 7.60. The lowest BCUT2D eigenvalue weighted by atomic mass is 9.72. The van der Waals surface area contributed by atoms with Gasteiger partial charge in [-0.2, -0.15) is 0 Å². The second-order valence-electron chi connectivity index (χ2n) is 9.38. The maximum absolute atomic E-state index is 13.2. The van der Waals surface area contributed by atoms with Crippen molar-refractivity contribution >= 4 is 17.8 Å². The van der Waals surface area contributed by atoms with Gasteiger partial charge >= 0.3 is 0 Å². The summed E-state index contributed by atoms with van der Waals surface area (Å²) in [6, 6.07) is 1.86. The summed E-state index contributed by atoms with van der Waals surface area (Å²) in [5.41, 5.74) is 0. The highest BCUT2D eigenvalue weighted by Gasteiger charge is 2.49. The number of carbonyl (C=O) groups excluding carboxylic acids is 2. The molecule has 0 unspecified atom stereocenters. The number of amides is 2. The highest BCUT2D eigenvalue weighted by atomic mass is 16.3. The van der Waals surface area contributed by atoms with Crippen LogP contribution in [0.3, 0.4) is 0 Å². The van der Waals surface area contributed by atoms with E-state index in [0.717, 1.165) is 57.9 Å². The first-order valence-corrected chi connectivity index (χ1v) is 11.6. The van der Waals surface area contributed by atoms with Gasteiger partial charge in [0.05, 0.1) is 19.2 Å². The molecular weight excluding hydrogens is 396 g/mol. The highest BCUT2D eigenvalue weighted by Crippen LogP contribution is 2.41. The lowest BCUT2D eigenvalue weighted by molar-refractivity contribution is -0.159. The lowest BCUT2D eigenvalue weighted by Gasteiger charge is -2.56. The minimum Gasteiger partial charge on any atom is -0.394 e. The predicted molar refractivity (Wildman–Crippen MR) is 114 cm³/mol. The topological polar surface area (TPSA) is 93.1 Å². The van der Waals surface area contributed by atoms with E-state index in [2.05, 4.69) is 19.8 Å². The Morgan fingerprint density at radius 1 is 1.10 bits per heavy atom. The first kappa shape index (κ1) is 20.6. The quantitative estimate of drug-likeness (QED) is 0.711. The Balaban J connectivity index is 1.19. The van der Waals surface area contributed by atoms with Crippen LogP contribution in [0.4, 0.5) is 5.95 Å². The van der Waals surface area contributed by atoms with Crippen LogP contribution in [0.1, 0.15) is 25.7 Å². The smallest absolute Gasteiger partial charge is 0.236 e. The number of anilines is 1. The fourth-order valence-corrected chi connectivity index (χ4v) is 6.07. The molecule has 0 aromatic carbocycles. The van der Waals surface area contributed by atoms with E-state index in [9.17, 15) is 14.7 Å². The Bertz CT molecular complexity index is 786. The molecule has 2 amide bonds. The number of aliphatic hydroxyl groups excluding tert-OH is 1. The second kappa shape index (κ2) is 8.70. The fraction of sp³-hybridized carbons (Fsp3) is 0.727. The van der Waals surface area contributed by atoms with Crippen molar-refractivity contribution in [2.24, 2.45) is 11.8 Å². The summed E-state index contributed by atoms with van der Waals surface area (Å²) in [4.78, 5) is 42.7. The van der Waals surface area contributed by atoms with Crippen molar-refractivity contribution in [1.29, 1.82) is 0 Å². The Labute approximate surface area is 183 Å². The van der Waals surface area contributed by atoms with E-state index < -0.39 is 0 Å². The van der Waals surface area contributed by atoms with Crippen molar-refractivity contribution in [2.45, 2.75) is 37.8 Å². The van der Waals surface area contributed by atoms with Crippen LogP contribution < -0.4 is 4.90 Å². The van der Waals surface area contributed by atoms with Crippen LogP contribution in [0.15, 0.2) is 18.5 Å². The number of carbonyl (C=O) groups is 2. The molecule has 0 radical (unpaired) electrons. The summed E-state index contributed by atoms with van der Waals surface area (Å²) in [5, 5.41) is 10.0. The van der Waals surface area contributed by atoms with Crippen LogP contribution in [0, 0.1) is 11.8 Å². The van der Waals surface area contributed by atoms with Crippen molar-refractivity contribution in [3.63, 3.8) is 0 Å². The van der Waals surface area contributed by atoms with Gasteiger partial charge in [0.2, 0.25) is 17.8 Å². The molecule has 0 spiro atoms. The Hall–Kier alpha value is -2.26. The van der Waals surface area contributed by atoms with Crippen LogP contribution in [-0.2, 0) is 9.59 Å². The minimum absolute atomic E-state index is 0.00876. The monoisotopic (exact) mass is 428 g/mol. The second-order valence-corrected chi connectivity index (χ2v) is 9.38. The summed E-state index contributed by atoms with van der Waals surface area (Å²) in [5.74, 6) is 1.62. The van der Waals surface area contributed by atoms with Gasteiger partial charge in [0, 0.05) is 64.1 Å². The number of fused-ring (bicyclic) bond motifs is 4. The first-order valence-electron chi connectivity index (χ1n) is 11.6. The molecule has 4 atom stereocenters. The minimum atomic E-state index is -0.140. The van der Waals surface area contributed by atoms with Crippen LogP contribution >= 0.6 is 0 Å². The van der Waals surface area contributed by atoms with Gasteiger partial charge in [-0.1, -0.05) is 0 Å². The summed E-state index contributed by atoms with van der Waals surface area (Å²) in [6.07, 6.45) is 7.03. The van der Waals surface area contributed by atoms with Crippen LogP contribution in [0.25, 0.3) is 0 Å². The highest BCUT2D eigenvalue weighted by molar-refractivity contribution is 5.79. The molecule has 9 heteroatoms. The third kappa shape index (κ3) is 4.01. The molecule has 0 aliphatic carbocycles. The van der Waals surface area contributed by atoms with Crippen LogP contribution in [-0.4, -0.2) is 106 Å². The number of rotatable bonds is 4. The standard InChI is InChI=1S/C22H32N6O3/c29-15-19-17-11-16(18-3-1-4-20(30)28(18)19)12-27(13-17)21(31)14-25-7-9-26(10-8-25)22-23-5-2-6-24-22/h2,5-6,16-19,29H,1,3-4,7-15H2/t16-,17+,18+,19+/m1/s1. The molecule has 1 aromatic rings. The zero-order valence-electron chi connectivity index (χ0n) is 18.0. The van der Waals surface area contributed by atoms with Gasteiger partial charge < -0.3 is 19.8 Å². The molecule has 4 saturated heterocycles. The molecule has 4 aliphatic heterocycles. The summed E-state index contributed by atoms with van der Waals surface area (Å²) in [7, 11) is 0. The lowest BCUT2D eigenvalue weighted by Crippen LogP contribution is -2.66. The molecule has 1 N–H and O–H groups in total. The number of hydrogen-bond donors (Lipinski definition) is 1. The van der Waals surface area contributed by atoms with E-state index >= 15 is 0 Å². The number of piperazine rings is 1. The molecule has 5 heterocycles. The molecule has 31 heavy (non-hydrogen) atoms. The molecule has 2 bridgehead atoms. The number of aliphatic hydroxyl groups is 1.